The van der Waals surface area contributed by atoms with E-state index in [-0.39, 0.29) is 0 Å². The van der Waals surface area contributed by atoms with Gasteiger partial charge in [-0.1, -0.05) is 43.7 Å². The molecule has 1 saturated carbocycles. The molecule has 31 heavy (non-hydrogen) atoms. The quantitative estimate of drug-likeness (QED) is 0.346. The van der Waals surface area contributed by atoms with Crippen LogP contribution in [0.5, 0.6) is 0 Å². The number of benzene rings is 1. The van der Waals surface area contributed by atoms with E-state index in [1.54, 1.807) is 0 Å². The molecule has 0 spiro atoms. The van der Waals surface area contributed by atoms with Crippen molar-refractivity contribution in [2.75, 3.05) is 52.1 Å². The molecule has 0 bridgehead atoms. The largest absolute Gasteiger partial charge is 0.356 e. The molecular weight excluding hydrogens is 406 g/mol. The van der Waals surface area contributed by atoms with Crippen LogP contribution in [0.15, 0.2) is 35.3 Å². The highest BCUT2D eigenvalue weighted by Gasteiger charge is 2.26. The zero-order chi connectivity index (χ0) is 21.9. The van der Waals surface area contributed by atoms with E-state index in [0.717, 1.165) is 89.6 Å². The minimum absolute atomic E-state index is 0.343. The molecule has 0 aromatic heterocycles. The Morgan fingerprint density at radius 2 is 1.87 bits per heavy atom. The van der Waals surface area contributed by atoms with Crippen molar-refractivity contribution in [2.24, 2.45) is 4.99 Å². The third-order valence-electron chi connectivity index (χ3n) is 6.50. The summed E-state index contributed by atoms with van der Waals surface area (Å²) in [6.45, 7) is 9.74. The number of rotatable bonds is 9. The van der Waals surface area contributed by atoms with E-state index in [1.807, 2.05) is 14.0 Å². The Labute approximate surface area is 191 Å². The predicted octanol–water partition coefficient (Wildman–Crippen LogP) is 2.44. The zero-order valence-electron chi connectivity index (χ0n) is 19.4. The second-order valence-electron chi connectivity index (χ2n) is 8.76. The summed E-state index contributed by atoms with van der Waals surface area (Å²) in [5, 5.41) is 7.39. The first kappa shape index (κ1) is 24.2. The molecule has 0 amide bonds. The first-order valence-electron chi connectivity index (χ1n) is 12.0. The monoisotopic (exact) mass is 447 g/mol. The summed E-state index contributed by atoms with van der Waals surface area (Å²) < 4.78 is 12.2. The van der Waals surface area contributed by atoms with Gasteiger partial charge in [-0.2, -0.15) is 0 Å². The van der Waals surface area contributed by atoms with Crippen LogP contribution in [0.3, 0.4) is 0 Å². The SMILES string of the molecule is CCS(=O)C1CCCC(NC(=NC)NCCCN2CCN(Cc3ccccc3)CC2)C1. The molecule has 6 nitrogen and oxygen atoms in total. The number of guanidine groups is 1. The maximum atomic E-state index is 12.2. The molecule has 7 heteroatoms. The topological polar surface area (TPSA) is 60.0 Å². The van der Waals surface area contributed by atoms with E-state index in [9.17, 15) is 4.21 Å². The summed E-state index contributed by atoms with van der Waals surface area (Å²) in [5.74, 6) is 1.66. The lowest BCUT2D eigenvalue weighted by molar-refractivity contribution is 0.126. The Morgan fingerprint density at radius 3 is 2.58 bits per heavy atom. The van der Waals surface area contributed by atoms with Crippen molar-refractivity contribution in [1.82, 2.24) is 20.4 Å². The fraction of sp³-hybridized carbons (Fsp3) is 0.708. The summed E-state index contributed by atoms with van der Waals surface area (Å²) in [6.07, 6.45) is 5.51. The zero-order valence-corrected chi connectivity index (χ0v) is 20.2. The summed E-state index contributed by atoms with van der Waals surface area (Å²) in [5.41, 5.74) is 1.41. The van der Waals surface area contributed by atoms with Gasteiger partial charge in [0.05, 0.1) is 0 Å². The fourth-order valence-corrected chi connectivity index (χ4v) is 6.01. The lowest BCUT2D eigenvalue weighted by atomic mass is 9.95. The summed E-state index contributed by atoms with van der Waals surface area (Å²) in [7, 11) is 1.15. The second kappa shape index (κ2) is 13.2. The van der Waals surface area contributed by atoms with Crippen molar-refractivity contribution in [3.05, 3.63) is 35.9 Å². The molecule has 2 N–H and O–H groups in total. The van der Waals surface area contributed by atoms with Crippen molar-refractivity contribution < 1.29 is 4.21 Å². The molecule has 174 valence electrons. The lowest BCUT2D eigenvalue weighted by Gasteiger charge is -2.34. The molecule has 3 unspecified atom stereocenters. The Hall–Kier alpha value is -1.44. The number of nitrogens with one attached hydrogen (secondary N) is 2. The van der Waals surface area contributed by atoms with Gasteiger partial charge in [0.2, 0.25) is 0 Å². The van der Waals surface area contributed by atoms with Crippen LogP contribution in [0.4, 0.5) is 0 Å². The van der Waals surface area contributed by atoms with Gasteiger partial charge in [-0.3, -0.25) is 14.1 Å². The van der Waals surface area contributed by atoms with E-state index in [0.29, 0.717) is 11.3 Å². The van der Waals surface area contributed by atoms with Gasteiger partial charge in [-0.15, -0.1) is 0 Å². The van der Waals surface area contributed by atoms with E-state index in [2.05, 4.69) is 55.8 Å². The Bertz CT molecular complexity index is 690. The summed E-state index contributed by atoms with van der Waals surface area (Å²) >= 11 is 0. The highest BCUT2D eigenvalue weighted by molar-refractivity contribution is 7.85. The van der Waals surface area contributed by atoms with Gasteiger partial charge >= 0.3 is 0 Å². The molecular formula is C24H41N5OS. The standard InChI is InChI=1S/C24H41N5OS/c1-3-31(30)23-12-7-11-22(19-23)27-24(25-2)26-13-8-14-28-15-17-29(18-16-28)20-21-9-5-4-6-10-21/h4-6,9-10,22-23H,3,7-8,11-20H2,1-2H3,(H2,25,26,27). The van der Waals surface area contributed by atoms with Crippen LogP contribution >= 0.6 is 0 Å². The molecule has 1 aromatic carbocycles. The average Bonchev–Trinajstić information content (AvgIpc) is 2.82. The highest BCUT2D eigenvalue weighted by atomic mass is 32.2. The van der Waals surface area contributed by atoms with Crippen LogP contribution in [-0.2, 0) is 17.3 Å². The minimum atomic E-state index is -0.684. The van der Waals surface area contributed by atoms with E-state index >= 15 is 0 Å². The van der Waals surface area contributed by atoms with Crippen molar-refractivity contribution in [2.45, 2.75) is 56.9 Å². The van der Waals surface area contributed by atoms with Gasteiger partial charge in [-0.05, 0) is 37.8 Å². The maximum absolute atomic E-state index is 12.2. The molecule has 1 aliphatic heterocycles. The van der Waals surface area contributed by atoms with Crippen LogP contribution in [0.25, 0.3) is 0 Å². The van der Waals surface area contributed by atoms with E-state index in [4.69, 9.17) is 0 Å². The molecule has 3 atom stereocenters. The van der Waals surface area contributed by atoms with Crippen molar-refractivity contribution >= 4 is 16.8 Å². The van der Waals surface area contributed by atoms with Gasteiger partial charge < -0.3 is 15.5 Å². The van der Waals surface area contributed by atoms with Crippen LogP contribution in [0, 0.1) is 0 Å². The first-order valence-corrected chi connectivity index (χ1v) is 13.4. The van der Waals surface area contributed by atoms with Crippen molar-refractivity contribution in [3.63, 3.8) is 0 Å². The smallest absolute Gasteiger partial charge is 0.191 e. The summed E-state index contributed by atoms with van der Waals surface area (Å²) in [6, 6.07) is 11.2. The van der Waals surface area contributed by atoms with Crippen LogP contribution in [0.2, 0.25) is 0 Å². The fourth-order valence-electron chi connectivity index (χ4n) is 4.66. The highest BCUT2D eigenvalue weighted by Crippen LogP contribution is 2.23. The molecule has 1 saturated heterocycles. The van der Waals surface area contributed by atoms with Gasteiger partial charge in [0.15, 0.2) is 5.96 Å². The molecule has 1 aliphatic carbocycles. The van der Waals surface area contributed by atoms with E-state index in [1.165, 1.54) is 5.56 Å². The first-order chi connectivity index (χ1) is 15.2. The number of nitrogens with zero attached hydrogens (tertiary/aromatic N) is 3. The third kappa shape index (κ3) is 8.20. The summed E-state index contributed by atoms with van der Waals surface area (Å²) in [4.78, 5) is 9.53. The third-order valence-corrected chi connectivity index (χ3v) is 8.25. The lowest BCUT2D eigenvalue weighted by Crippen LogP contribution is -2.48. The van der Waals surface area contributed by atoms with Gasteiger partial charge in [0.1, 0.15) is 0 Å². The Morgan fingerprint density at radius 1 is 1.13 bits per heavy atom. The van der Waals surface area contributed by atoms with Crippen LogP contribution in [-0.4, -0.2) is 83.3 Å². The van der Waals surface area contributed by atoms with Crippen molar-refractivity contribution in [1.29, 1.82) is 0 Å². The molecule has 1 aromatic rings. The molecule has 2 fully saturated rings. The maximum Gasteiger partial charge on any atom is 0.191 e. The van der Waals surface area contributed by atoms with E-state index < -0.39 is 10.8 Å². The van der Waals surface area contributed by atoms with Gasteiger partial charge in [0.25, 0.3) is 0 Å². The predicted molar refractivity (Wildman–Crippen MR) is 132 cm³/mol. The average molecular weight is 448 g/mol. The Kier molecular flexibility index (Phi) is 10.3. The Balaban J connectivity index is 1.29. The van der Waals surface area contributed by atoms with Gasteiger partial charge in [0, 0.05) is 74.2 Å². The molecule has 1 heterocycles. The minimum Gasteiger partial charge on any atom is -0.356 e. The van der Waals surface area contributed by atoms with Crippen molar-refractivity contribution in [3.8, 4) is 0 Å². The van der Waals surface area contributed by atoms with Crippen LogP contribution in [0.1, 0.15) is 44.6 Å². The number of hydrogen-bond acceptors (Lipinski definition) is 4. The molecule has 3 rings (SSSR count). The van der Waals surface area contributed by atoms with Gasteiger partial charge in [-0.25, -0.2) is 0 Å². The number of hydrogen-bond donors (Lipinski definition) is 2. The molecule has 2 aliphatic rings. The normalized spacial score (nSPS) is 24.6. The number of piperazine rings is 1. The number of aliphatic imine (C=N–C) groups is 1. The second-order valence-corrected chi connectivity index (χ2v) is 10.8. The molecule has 0 radical (unpaired) electrons. The van der Waals surface area contributed by atoms with Crippen LogP contribution < -0.4 is 10.6 Å².